The van der Waals surface area contributed by atoms with E-state index in [2.05, 4.69) is 10.6 Å². The maximum atomic E-state index is 11.6. The first kappa shape index (κ1) is 16.0. The molecule has 0 heterocycles. The Balaban J connectivity index is 2.25. The number of hydrogen-bond acceptors (Lipinski definition) is 2. The minimum absolute atomic E-state index is 0.0166. The van der Waals surface area contributed by atoms with Gasteiger partial charge in [0, 0.05) is 13.1 Å². The van der Waals surface area contributed by atoms with E-state index in [1.54, 1.807) is 0 Å². The van der Waals surface area contributed by atoms with Crippen LogP contribution in [-0.4, -0.2) is 30.2 Å². The SMILES string of the molecule is CC(C)C(CNC(=O)NCCc1ccccc1)C(=O)O. The number of carbonyl (C=O) groups excluding carboxylic acids is 1. The topological polar surface area (TPSA) is 78.4 Å². The summed E-state index contributed by atoms with van der Waals surface area (Å²) in [7, 11) is 0. The van der Waals surface area contributed by atoms with E-state index in [1.165, 1.54) is 0 Å². The number of amides is 2. The van der Waals surface area contributed by atoms with Gasteiger partial charge in [0.25, 0.3) is 0 Å². The van der Waals surface area contributed by atoms with Crippen LogP contribution in [0.5, 0.6) is 0 Å². The fourth-order valence-corrected chi connectivity index (χ4v) is 1.84. The van der Waals surface area contributed by atoms with Crippen LogP contribution in [0.15, 0.2) is 30.3 Å². The molecule has 1 rings (SSSR count). The van der Waals surface area contributed by atoms with Gasteiger partial charge < -0.3 is 15.7 Å². The Bertz CT molecular complexity index is 432. The van der Waals surface area contributed by atoms with Gasteiger partial charge in [0.05, 0.1) is 5.92 Å². The molecule has 3 N–H and O–H groups in total. The summed E-state index contributed by atoms with van der Waals surface area (Å²) in [6, 6.07) is 9.53. The van der Waals surface area contributed by atoms with Gasteiger partial charge in [-0.3, -0.25) is 4.79 Å². The van der Waals surface area contributed by atoms with E-state index in [9.17, 15) is 9.59 Å². The fraction of sp³-hybridized carbons (Fsp3) is 0.467. The highest BCUT2D eigenvalue weighted by Crippen LogP contribution is 2.09. The Labute approximate surface area is 119 Å². The number of nitrogens with one attached hydrogen (secondary N) is 2. The van der Waals surface area contributed by atoms with E-state index in [4.69, 9.17) is 5.11 Å². The molecule has 2 amide bonds. The van der Waals surface area contributed by atoms with Crippen molar-refractivity contribution in [2.24, 2.45) is 11.8 Å². The van der Waals surface area contributed by atoms with Crippen LogP contribution in [0.3, 0.4) is 0 Å². The Hall–Kier alpha value is -2.04. The molecule has 5 nitrogen and oxygen atoms in total. The summed E-state index contributed by atoms with van der Waals surface area (Å²) in [4.78, 5) is 22.5. The summed E-state index contributed by atoms with van der Waals surface area (Å²) in [5, 5.41) is 14.3. The lowest BCUT2D eigenvalue weighted by atomic mass is 9.96. The van der Waals surface area contributed by atoms with Crippen molar-refractivity contribution < 1.29 is 14.7 Å². The lowest BCUT2D eigenvalue weighted by Gasteiger charge is -2.17. The van der Waals surface area contributed by atoms with E-state index in [0.29, 0.717) is 6.54 Å². The highest BCUT2D eigenvalue weighted by molar-refractivity contribution is 5.75. The van der Waals surface area contributed by atoms with Crippen molar-refractivity contribution in [2.75, 3.05) is 13.1 Å². The molecule has 0 aliphatic heterocycles. The summed E-state index contributed by atoms with van der Waals surface area (Å²) in [5.41, 5.74) is 1.15. The summed E-state index contributed by atoms with van der Waals surface area (Å²) in [6.45, 7) is 4.32. The van der Waals surface area contributed by atoms with Crippen LogP contribution in [0.4, 0.5) is 4.79 Å². The molecule has 5 heteroatoms. The van der Waals surface area contributed by atoms with Crippen LogP contribution in [0.1, 0.15) is 19.4 Å². The van der Waals surface area contributed by atoms with Gasteiger partial charge in [-0.05, 0) is 17.9 Å². The lowest BCUT2D eigenvalue weighted by Crippen LogP contribution is -2.41. The number of urea groups is 1. The molecular weight excluding hydrogens is 256 g/mol. The van der Waals surface area contributed by atoms with Crippen LogP contribution in [0.2, 0.25) is 0 Å². The molecule has 0 aliphatic rings. The van der Waals surface area contributed by atoms with E-state index < -0.39 is 11.9 Å². The third-order valence-corrected chi connectivity index (χ3v) is 3.15. The molecule has 0 aliphatic carbocycles. The van der Waals surface area contributed by atoms with Crippen LogP contribution in [0.25, 0.3) is 0 Å². The molecule has 0 saturated heterocycles. The number of carbonyl (C=O) groups is 2. The van der Waals surface area contributed by atoms with Gasteiger partial charge in [-0.2, -0.15) is 0 Å². The summed E-state index contributed by atoms with van der Waals surface area (Å²) < 4.78 is 0. The van der Waals surface area contributed by atoms with Gasteiger partial charge >= 0.3 is 12.0 Å². The molecule has 1 aromatic carbocycles. The predicted octanol–water partition coefficient (Wildman–Crippen LogP) is 1.89. The maximum Gasteiger partial charge on any atom is 0.314 e. The molecule has 1 aromatic rings. The molecule has 0 fully saturated rings. The normalized spacial score (nSPS) is 11.9. The number of aliphatic carboxylic acids is 1. The van der Waals surface area contributed by atoms with Crippen molar-refractivity contribution in [1.82, 2.24) is 10.6 Å². The van der Waals surface area contributed by atoms with Crippen molar-refractivity contribution in [3.63, 3.8) is 0 Å². The van der Waals surface area contributed by atoms with Crippen molar-refractivity contribution in [3.05, 3.63) is 35.9 Å². The van der Waals surface area contributed by atoms with Gasteiger partial charge in [-0.25, -0.2) is 4.79 Å². The first-order chi connectivity index (χ1) is 9.50. The van der Waals surface area contributed by atoms with Crippen LogP contribution in [0, 0.1) is 11.8 Å². The number of carboxylic acid groups (broad SMARTS) is 1. The zero-order chi connectivity index (χ0) is 15.0. The standard InChI is InChI=1S/C15H22N2O3/c1-11(2)13(14(18)19)10-17-15(20)16-9-8-12-6-4-3-5-7-12/h3-7,11,13H,8-10H2,1-2H3,(H,18,19)(H2,16,17,20). The first-order valence-corrected chi connectivity index (χ1v) is 6.79. The van der Waals surface area contributed by atoms with Gasteiger partial charge in [0.1, 0.15) is 0 Å². The molecule has 1 atom stereocenters. The van der Waals surface area contributed by atoms with E-state index >= 15 is 0 Å². The highest BCUT2D eigenvalue weighted by Gasteiger charge is 2.21. The Morgan fingerprint density at radius 2 is 1.80 bits per heavy atom. The van der Waals surface area contributed by atoms with Crippen LogP contribution >= 0.6 is 0 Å². The second-order valence-corrected chi connectivity index (χ2v) is 5.06. The first-order valence-electron chi connectivity index (χ1n) is 6.79. The fourth-order valence-electron chi connectivity index (χ4n) is 1.84. The molecule has 110 valence electrons. The van der Waals surface area contributed by atoms with Gasteiger partial charge in [-0.15, -0.1) is 0 Å². The molecule has 0 bridgehead atoms. The molecular formula is C15H22N2O3. The number of carboxylic acids is 1. The zero-order valence-corrected chi connectivity index (χ0v) is 11.9. The average molecular weight is 278 g/mol. The van der Waals surface area contributed by atoms with Crippen molar-refractivity contribution in [1.29, 1.82) is 0 Å². The number of benzene rings is 1. The Kier molecular flexibility index (Phi) is 6.56. The maximum absolute atomic E-state index is 11.6. The van der Waals surface area contributed by atoms with Gasteiger partial charge in [-0.1, -0.05) is 44.2 Å². The zero-order valence-electron chi connectivity index (χ0n) is 11.9. The molecule has 1 unspecified atom stereocenters. The quantitative estimate of drug-likeness (QED) is 0.712. The minimum Gasteiger partial charge on any atom is -0.481 e. The molecule has 20 heavy (non-hydrogen) atoms. The Morgan fingerprint density at radius 1 is 1.15 bits per heavy atom. The molecule has 0 aromatic heterocycles. The van der Waals surface area contributed by atoms with Crippen molar-refractivity contribution >= 4 is 12.0 Å². The third-order valence-electron chi connectivity index (χ3n) is 3.15. The van der Waals surface area contributed by atoms with E-state index in [-0.39, 0.29) is 18.5 Å². The molecule has 0 spiro atoms. The molecule has 0 radical (unpaired) electrons. The Morgan fingerprint density at radius 3 is 2.35 bits per heavy atom. The smallest absolute Gasteiger partial charge is 0.314 e. The highest BCUT2D eigenvalue weighted by atomic mass is 16.4. The number of hydrogen-bond donors (Lipinski definition) is 3. The summed E-state index contributed by atoms with van der Waals surface area (Å²) >= 11 is 0. The minimum atomic E-state index is -0.885. The molecule has 0 saturated carbocycles. The van der Waals surface area contributed by atoms with E-state index in [0.717, 1.165) is 12.0 Å². The monoisotopic (exact) mass is 278 g/mol. The summed E-state index contributed by atoms with van der Waals surface area (Å²) in [6.07, 6.45) is 0.751. The average Bonchev–Trinajstić information content (AvgIpc) is 2.39. The third kappa shape index (κ3) is 5.73. The second-order valence-electron chi connectivity index (χ2n) is 5.06. The van der Waals surface area contributed by atoms with Crippen molar-refractivity contribution in [3.8, 4) is 0 Å². The summed E-state index contributed by atoms with van der Waals surface area (Å²) in [5.74, 6) is -1.46. The predicted molar refractivity (Wildman–Crippen MR) is 77.5 cm³/mol. The largest absolute Gasteiger partial charge is 0.481 e. The van der Waals surface area contributed by atoms with Crippen molar-refractivity contribution in [2.45, 2.75) is 20.3 Å². The lowest BCUT2D eigenvalue weighted by molar-refractivity contribution is -0.142. The van der Waals surface area contributed by atoms with E-state index in [1.807, 2.05) is 44.2 Å². The van der Waals surface area contributed by atoms with Gasteiger partial charge in [0.15, 0.2) is 0 Å². The second kappa shape index (κ2) is 8.19. The van der Waals surface area contributed by atoms with Crippen LogP contribution < -0.4 is 10.6 Å². The van der Waals surface area contributed by atoms with Gasteiger partial charge in [0.2, 0.25) is 0 Å². The van der Waals surface area contributed by atoms with Crippen LogP contribution in [-0.2, 0) is 11.2 Å². The number of rotatable bonds is 7.